The number of piperidine rings is 2. The molecule has 68 heavy (non-hydrogen) atoms. The zero-order valence-electron chi connectivity index (χ0n) is 36.7. The molecule has 2 aromatic carbocycles. The van der Waals surface area contributed by atoms with Crippen LogP contribution in [0.15, 0.2) is 67.1 Å². The van der Waals surface area contributed by atoms with Gasteiger partial charge in [-0.3, -0.25) is 49.1 Å². The maximum atomic E-state index is 13.8. The highest BCUT2D eigenvalue weighted by Crippen LogP contribution is 2.36. The number of amides is 6. The van der Waals surface area contributed by atoms with Crippen molar-refractivity contribution in [2.75, 3.05) is 49.5 Å². The van der Waals surface area contributed by atoms with E-state index < -0.39 is 57.0 Å². The number of aromatic nitrogens is 4. The summed E-state index contributed by atoms with van der Waals surface area (Å²) in [5, 5.41) is 13.5. The minimum Gasteiger partial charge on any atom is -0.486 e. The number of carbonyl (C=O) groups is 6. The van der Waals surface area contributed by atoms with Crippen LogP contribution in [-0.2, 0) is 29.2 Å². The Balaban J connectivity index is 0.724. The first kappa shape index (κ1) is 46.6. The summed E-state index contributed by atoms with van der Waals surface area (Å²) >= 11 is 12.7. The van der Waals surface area contributed by atoms with Gasteiger partial charge in [-0.2, -0.15) is 9.40 Å². The molecule has 1 unspecified atom stereocenters. The van der Waals surface area contributed by atoms with Gasteiger partial charge in [-0.15, -0.1) is 0 Å². The highest BCUT2D eigenvalue weighted by molar-refractivity contribution is 7.89. The van der Waals surface area contributed by atoms with E-state index in [9.17, 15) is 37.2 Å². The zero-order chi connectivity index (χ0) is 47.9. The number of anilines is 2. The number of carbonyl (C=O) groups excluding carboxylic acids is 6. The van der Waals surface area contributed by atoms with Crippen molar-refractivity contribution in [1.82, 2.24) is 39.6 Å². The highest BCUT2D eigenvalue weighted by Gasteiger charge is 2.46. The number of hydrogen-bond acceptors (Lipinski definition) is 13. The Bertz CT molecular complexity index is 2930. The summed E-state index contributed by atoms with van der Waals surface area (Å²) in [6, 6.07) is 12.7. The summed E-state index contributed by atoms with van der Waals surface area (Å²) in [6.45, 7) is 3.90. The largest absolute Gasteiger partial charge is 0.486 e. The van der Waals surface area contributed by atoms with Crippen LogP contribution in [0.1, 0.15) is 84.3 Å². The van der Waals surface area contributed by atoms with Crippen molar-refractivity contribution < 1.29 is 41.9 Å². The summed E-state index contributed by atoms with van der Waals surface area (Å²) in [7, 11) is -3.64. The van der Waals surface area contributed by atoms with Crippen LogP contribution in [0, 0.1) is 0 Å². The molecule has 3 fully saturated rings. The molecule has 0 aliphatic carbocycles. The molecule has 3 aromatic heterocycles. The number of hydrogen-bond donors (Lipinski definition) is 3. The number of piperazine rings is 1. The molecule has 5 aromatic rings. The molecule has 0 saturated carbocycles. The minimum atomic E-state index is -3.64. The number of nitrogens with zero attached hydrogens (tertiary/aromatic N) is 7. The number of ether oxygens (including phenoxy) is 1. The third-order valence-electron chi connectivity index (χ3n) is 12.8. The van der Waals surface area contributed by atoms with Gasteiger partial charge in [0.2, 0.25) is 33.7 Å². The molecule has 4 aliphatic heterocycles. The van der Waals surface area contributed by atoms with Crippen molar-refractivity contribution in [3.8, 4) is 17.0 Å². The van der Waals surface area contributed by atoms with Crippen LogP contribution < -0.4 is 20.3 Å². The van der Waals surface area contributed by atoms with Gasteiger partial charge in [0.05, 0.1) is 37.6 Å². The average molecular weight is 986 g/mol. The molecule has 3 N–H and O–H groups in total. The van der Waals surface area contributed by atoms with Crippen LogP contribution in [0.5, 0.6) is 5.75 Å². The van der Waals surface area contributed by atoms with Gasteiger partial charge in [-0.25, -0.2) is 13.4 Å². The van der Waals surface area contributed by atoms with Crippen molar-refractivity contribution in [3.63, 3.8) is 0 Å². The lowest BCUT2D eigenvalue weighted by Crippen LogP contribution is -2.54. The first-order chi connectivity index (χ1) is 32.7. The van der Waals surface area contributed by atoms with Gasteiger partial charge in [0.15, 0.2) is 0 Å². The van der Waals surface area contributed by atoms with E-state index in [1.807, 2.05) is 42.2 Å². The smallest absolute Gasteiger partial charge is 0.264 e. The van der Waals surface area contributed by atoms with E-state index >= 15 is 0 Å². The molecule has 6 amide bonds. The highest BCUT2D eigenvalue weighted by atomic mass is 35.5. The van der Waals surface area contributed by atoms with Crippen molar-refractivity contribution in [1.29, 1.82) is 0 Å². The van der Waals surface area contributed by atoms with Crippen LogP contribution >= 0.6 is 23.2 Å². The van der Waals surface area contributed by atoms with E-state index in [1.54, 1.807) is 11.1 Å². The van der Waals surface area contributed by atoms with Crippen molar-refractivity contribution >= 4 is 91.1 Å². The lowest BCUT2D eigenvalue weighted by atomic mass is 10.0. The molecule has 0 bridgehead atoms. The number of fused-ring (bicyclic) bond motifs is 2. The van der Waals surface area contributed by atoms with E-state index in [0.29, 0.717) is 71.9 Å². The Morgan fingerprint density at radius 2 is 1.65 bits per heavy atom. The number of sulfonamides is 1. The second kappa shape index (κ2) is 19.3. The number of aromatic amines is 1. The lowest BCUT2D eigenvalue weighted by Gasteiger charge is -2.38. The predicted octanol–water partition coefficient (Wildman–Crippen LogP) is 5.12. The van der Waals surface area contributed by atoms with Gasteiger partial charge in [0.25, 0.3) is 11.8 Å². The number of imide groups is 2. The molecule has 3 saturated heterocycles. The Morgan fingerprint density at radius 1 is 0.897 bits per heavy atom. The summed E-state index contributed by atoms with van der Waals surface area (Å²) in [6.07, 6.45) is 5.13. The summed E-state index contributed by atoms with van der Waals surface area (Å²) in [5.74, 6) is -2.00. The molecule has 354 valence electrons. The van der Waals surface area contributed by atoms with Gasteiger partial charge in [0, 0.05) is 93.6 Å². The van der Waals surface area contributed by atoms with Crippen molar-refractivity contribution in [2.45, 2.75) is 69.3 Å². The minimum absolute atomic E-state index is 0.00270. The molecule has 0 spiro atoms. The Kier molecular flexibility index (Phi) is 13.2. The van der Waals surface area contributed by atoms with Crippen molar-refractivity contribution in [3.05, 3.63) is 93.9 Å². The van der Waals surface area contributed by atoms with Gasteiger partial charge < -0.3 is 19.9 Å². The third-order valence-corrected chi connectivity index (χ3v) is 15.8. The fourth-order valence-corrected chi connectivity index (χ4v) is 11.8. The molecule has 19 nitrogen and oxygen atoms in total. The predicted molar refractivity (Wildman–Crippen MR) is 251 cm³/mol. The molecule has 9 rings (SSSR count). The van der Waals surface area contributed by atoms with E-state index in [1.165, 1.54) is 34.9 Å². The molecule has 4 aliphatic rings. The maximum Gasteiger partial charge on any atom is 0.264 e. The Labute approximate surface area is 400 Å². The normalized spacial score (nSPS) is 18.8. The number of rotatable bonds is 13. The van der Waals surface area contributed by atoms with E-state index in [0.717, 1.165) is 21.4 Å². The first-order valence-corrected chi connectivity index (χ1v) is 24.5. The van der Waals surface area contributed by atoms with E-state index in [-0.39, 0.29) is 67.9 Å². The van der Waals surface area contributed by atoms with Crippen LogP contribution in [-0.4, -0.2) is 129 Å². The lowest BCUT2D eigenvalue weighted by molar-refractivity contribution is -0.136. The average Bonchev–Trinajstić information content (AvgIpc) is 3.86. The molecule has 7 heterocycles. The number of likely N-dealkylation sites (tertiary alicyclic amines) is 1. The number of pyridine rings is 2. The number of H-pyrrole nitrogens is 1. The van der Waals surface area contributed by atoms with E-state index in [4.69, 9.17) is 32.9 Å². The summed E-state index contributed by atoms with van der Waals surface area (Å²) in [4.78, 5) is 90.0. The van der Waals surface area contributed by atoms with Crippen LogP contribution in [0.3, 0.4) is 0 Å². The second-order valence-corrected chi connectivity index (χ2v) is 20.1. The standard InChI is InChI=1S/C46H46Cl2N10O9S/c1-26(41-32(47)24-49-25-33(41)48)67-28-9-10-34-31(22-28)43(54-53-34)27-8-12-37(50-23-27)55-18-20-57(21-19-55)68(65,66)29-14-16-56(17-15-29)40(61)7-3-6-38(59)51-35-5-2-4-30-42(35)46(64)58(45(30)63)36-11-13-39(60)52-44(36)62/h2,4-5,8-10,12,22-26,29,36H,3,6-7,11,13-21H2,1H3,(H,51,59)(H,53,54)(H,52,60,62)/t26-,36?/m1/s1. The quantitative estimate of drug-likeness (QED) is 0.130. The zero-order valence-corrected chi connectivity index (χ0v) is 39.1. The maximum absolute atomic E-state index is 13.8. The third kappa shape index (κ3) is 9.24. The van der Waals surface area contributed by atoms with Gasteiger partial charge in [0.1, 0.15) is 29.4 Å². The number of benzene rings is 2. The fourth-order valence-electron chi connectivity index (χ4n) is 9.25. The molecule has 2 atom stereocenters. The Hall–Kier alpha value is -6.48. The monoisotopic (exact) mass is 984 g/mol. The van der Waals surface area contributed by atoms with Crippen molar-refractivity contribution in [2.24, 2.45) is 0 Å². The molecular formula is C46H46Cl2N10O9S. The molecule has 22 heteroatoms. The van der Waals surface area contributed by atoms with Gasteiger partial charge in [-0.05, 0) is 75.1 Å². The van der Waals surface area contributed by atoms with E-state index in [2.05, 4.69) is 25.8 Å². The summed E-state index contributed by atoms with van der Waals surface area (Å²) < 4.78 is 35.3. The van der Waals surface area contributed by atoms with Gasteiger partial charge in [-0.1, -0.05) is 29.3 Å². The topological polar surface area (TPSA) is 237 Å². The molecular weight excluding hydrogens is 940 g/mol. The SMILES string of the molecule is C[C@@H](Oc1ccc2[nH]nc(-c3ccc(N4CCN(S(=O)(=O)C5CCN(C(=O)CCCC(=O)Nc6cccc7c6C(=O)N(C6CCC(=O)NC6=O)C7=O)CC5)CC4)nc3)c2c1)c1c(Cl)cncc1Cl. The Morgan fingerprint density at radius 3 is 2.35 bits per heavy atom. The second-order valence-electron chi connectivity index (χ2n) is 17.0. The van der Waals surface area contributed by atoms with Gasteiger partial charge >= 0.3 is 0 Å². The van der Waals surface area contributed by atoms with Crippen LogP contribution in [0.4, 0.5) is 11.5 Å². The molecule has 0 radical (unpaired) electrons. The number of halogens is 2. The first-order valence-electron chi connectivity index (χ1n) is 22.2. The summed E-state index contributed by atoms with van der Waals surface area (Å²) in [5.41, 5.74) is 3.04. The van der Waals surface area contributed by atoms with Crippen LogP contribution in [0.25, 0.3) is 22.2 Å². The number of nitrogens with one attached hydrogen (secondary N) is 3. The fraction of sp³-hybridized carbons (Fsp3) is 0.370. The van der Waals surface area contributed by atoms with Crippen LogP contribution in [0.2, 0.25) is 10.0 Å².